The van der Waals surface area contributed by atoms with Crippen LogP contribution < -0.4 is 4.74 Å². The summed E-state index contributed by atoms with van der Waals surface area (Å²) in [6, 6.07) is 9.00. The van der Waals surface area contributed by atoms with Crippen LogP contribution in [0.2, 0.25) is 5.02 Å². The van der Waals surface area contributed by atoms with Gasteiger partial charge in [0.2, 0.25) is 10.0 Å². The van der Waals surface area contributed by atoms with Crippen molar-refractivity contribution in [2.75, 3.05) is 13.1 Å². The minimum absolute atomic E-state index is 0.190. The molecule has 0 radical (unpaired) electrons. The number of hydrogen-bond donors (Lipinski definition) is 0. The van der Waals surface area contributed by atoms with Crippen LogP contribution in [0.15, 0.2) is 53.8 Å². The third-order valence-corrected chi connectivity index (χ3v) is 6.52. The van der Waals surface area contributed by atoms with E-state index in [1.54, 1.807) is 24.4 Å². The average molecular weight is 405 g/mol. The Kier molecular flexibility index (Phi) is 4.94. The molecule has 1 aliphatic rings. The van der Waals surface area contributed by atoms with Crippen molar-refractivity contribution in [1.29, 1.82) is 0 Å². The zero-order valence-corrected chi connectivity index (χ0v) is 15.9. The van der Waals surface area contributed by atoms with Gasteiger partial charge in [-0.25, -0.2) is 18.4 Å². The Labute approximate surface area is 162 Å². The van der Waals surface area contributed by atoms with Gasteiger partial charge in [-0.05, 0) is 25.0 Å². The Bertz CT molecular complexity index is 1050. The number of aromatic nitrogens is 3. The average Bonchev–Trinajstić information content (AvgIpc) is 2.69. The number of sulfonamides is 1. The summed E-state index contributed by atoms with van der Waals surface area (Å²) in [7, 11) is -3.69. The molecule has 0 aliphatic carbocycles. The maximum Gasteiger partial charge on any atom is 0.316 e. The summed E-state index contributed by atoms with van der Waals surface area (Å²) in [5, 5.41) is 1.21. The van der Waals surface area contributed by atoms with Crippen LogP contribution in [0.3, 0.4) is 0 Å². The van der Waals surface area contributed by atoms with Gasteiger partial charge in [0.05, 0.1) is 29.5 Å². The van der Waals surface area contributed by atoms with Gasteiger partial charge in [0.25, 0.3) is 0 Å². The molecule has 3 heterocycles. The molecule has 0 amide bonds. The third-order valence-electron chi connectivity index (χ3n) is 4.42. The molecule has 9 heteroatoms. The smallest absolute Gasteiger partial charge is 0.316 e. The number of fused-ring (bicyclic) bond motifs is 1. The predicted molar refractivity (Wildman–Crippen MR) is 101 cm³/mol. The van der Waals surface area contributed by atoms with Gasteiger partial charge in [0.15, 0.2) is 0 Å². The molecule has 1 saturated heterocycles. The summed E-state index contributed by atoms with van der Waals surface area (Å²) < 4.78 is 33.7. The fourth-order valence-electron chi connectivity index (χ4n) is 3.15. The van der Waals surface area contributed by atoms with Gasteiger partial charge in [0.1, 0.15) is 11.0 Å². The Hall–Kier alpha value is -2.29. The molecule has 0 saturated carbocycles. The number of piperidine rings is 1. The molecule has 140 valence electrons. The topological polar surface area (TPSA) is 85.3 Å². The number of pyridine rings is 1. The molecular formula is C18H17ClN4O3S. The number of benzene rings is 1. The van der Waals surface area contributed by atoms with Crippen LogP contribution in [-0.4, -0.2) is 46.9 Å². The van der Waals surface area contributed by atoms with E-state index in [1.807, 2.05) is 12.1 Å². The molecule has 1 fully saturated rings. The van der Waals surface area contributed by atoms with Crippen LogP contribution in [0.1, 0.15) is 12.8 Å². The van der Waals surface area contributed by atoms with Gasteiger partial charge in [-0.1, -0.05) is 29.8 Å². The Morgan fingerprint density at radius 3 is 2.70 bits per heavy atom. The lowest BCUT2D eigenvalue weighted by molar-refractivity contribution is 0.119. The Morgan fingerprint density at radius 1 is 1.11 bits per heavy atom. The van der Waals surface area contributed by atoms with Crippen molar-refractivity contribution < 1.29 is 13.2 Å². The zero-order valence-electron chi connectivity index (χ0n) is 14.3. The van der Waals surface area contributed by atoms with Crippen LogP contribution in [-0.2, 0) is 10.0 Å². The highest BCUT2D eigenvalue weighted by Crippen LogP contribution is 2.27. The number of rotatable bonds is 4. The van der Waals surface area contributed by atoms with E-state index in [-0.39, 0.29) is 23.6 Å². The molecule has 3 aromatic rings. The van der Waals surface area contributed by atoms with E-state index in [4.69, 9.17) is 16.3 Å². The standard InChI is InChI=1S/C18H17ClN4O3S/c19-14-10-21-18(22-11-14)26-15-6-3-9-23(12-15)27(24,25)16-7-1-4-13-5-2-8-20-17(13)16/h1-2,4-5,7-8,10-11,15H,3,6,9,12H2. The van der Waals surface area contributed by atoms with Crippen LogP contribution in [0, 0.1) is 0 Å². The number of hydrogen-bond acceptors (Lipinski definition) is 6. The monoisotopic (exact) mass is 404 g/mol. The van der Waals surface area contributed by atoms with E-state index < -0.39 is 10.0 Å². The fraction of sp³-hybridized carbons (Fsp3) is 0.278. The number of nitrogens with zero attached hydrogens (tertiary/aromatic N) is 4. The van der Waals surface area contributed by atoms with Gasteiger partial charge in [-0.2, -0.15) is 4.31 Å². The normalized spacial score (nSPS) is 18.5. The van der Waals surface area contributed by atoms with Crippen molar-refractivity contribution in [3.05, 3.63) is 53.9 Å². The first kappa shape index (κ1) is 18.1. The van der Waals surface area contributed by atoms with Gasteiger partial charge >= 0.3 is 6.01 Å². The number of para-hydroxylation sites is 1. The molecule has 1 aliphatic heterocycles. The molecule has 0 spiro atoms. The van der Waals surface area contributed by atoms with Crippen molar-refractivity contribution in [2.24, 2.45) is 0 Å². The highest BCUT2D eigenvalue weighted by Gasteiger charge is 2.32. The maximum atomic E-state index is 13.2. The second kappa shape index (κ2) is 7.38. The lowest BCUT2D eigenvalue weighted by Gasteiger charge is -2.31. The van der Waals surface area contributed by atoms with E-state index in [0.29, 0.717) is 23.5 Å². The van der Waals surface area contributed by atoms with Gasteiger partial charge in [-0.3, -0.25) is 4.98 Å². The van der Waals surface area contributed by atoms with Crippen LogP contribution in [0.4, 0.5) is 0 Å². The lowest BCUT2D eigenvalue weighted by Crippen LogP contribution is -2.44. The summed E-state index contributed by atoms with van der Waals surface area (Å²) in [5.74, 6) is 0. The summed E-state index contributed by atoms with van der Waals surface area (Å²) in [6.45, 7) is 0.671. The number of halogens is 1. The van der Waals surface area contributed by atoms with E-state index in [9.17, 15) is 8.42 Å². The molecule has 1 unspecified atom stereocenters. The van der Waals surface area contributed by atoms with Crippen LogP contribution in [0.25, 0.3) is 10.9 Å². The second-order valence-electron chi connectivity index (χ2n) is 6.26. The summed E-state index contributed by atoms with van der Waals surface area (Å²) >= 11 is 5.78. The van der Waals surface area contributed by atoms with E-state index >= 15 is 0 Å². The quantitative estimate of drug-likeness (QED) is 0.664. The van der Waals surface area contributed by atoms with Crippen molar-refractivity contribution in [1.82, 2.24) is 19.3 Å². The molecule has 1 aromatic carbocycles. The summed E-state index contributed by atoms with van der Waals surface area (Å²) in [4.78, 5) is 12.5. The minimum Gasteiger partial charge on any atom is -0.459 e. The van der Waals surface area contributed by atoms with E-state index in [0.717, 1.165) is 11.8 Å². The molecule has 7 nitrogen and oxygen atoms in total. The van der Waals surface area contributed by atoms with Crippen molar-refractivity contribution in [3.8, 4) is 6.01 Å². The predicted octanol–water partition coefficient (Wildman–Crippen LogP) is 2.91. The van der Waals surface area contributed by atoms with E-state index in [1.165, 1.54) is 16.7 Å². The first-order valence-corrected chi connectivity index (χ1v) is 10.3. The molecule has 4 rings (SSSR count). The molecule has 27 heavy (non-hydrogen) atoms. The van der Waals surface area contributed by atoms with Gasteiger partial charge in [-0.15, -0.1) is 0 Å². The third kappa shape index (κ3) is 3.73. The minimum atomic E-state index is -3.69. The fourth-order valence-corrected chi connectivity index (χ4v) is 4.93. The highest BCUT2D eigenvalue weighted by molar-refractivity contribution is 7.89. The zero-order chi connectivity index (χ0) is 18.9. The van der Waals surface area contributed by atoms with Crippen LogP contribution in [0.5, 0.6) is 6.01 Å². The molecule has 2 aromatic heterocycles. The van der Waals surface area contributed by atoms with Crippen molar-refractivity contribution >= 4 is 32.5 Å². The SMILES string of the molecule is O=S(=O)(c1cccc2cccnc12)N1CCCC(Oc2ncc(Cl)cn2)C1. The summed E-state index contributed by atoms with van der Waals surface area (Å²) in [5.41, 5.74) is 0.476. The Morgan fingerprint density at radius 2 is 1.89 bits per heavy atom. The second-order valence-corrected chi connectivity index (χ2v) is 8.60. The van der Waals surface area contributed by atoms with E-state index in [2.05, 4.69) is 15.0 Å². The Balaban J connectivity index is 1.59. The lowest BCUT2D eigenvalue weighted by atomic mass is 10.1. The van der Waals surface area contributed by atoms with Crippen molar-refractivity contribution in [2.45, 2.75) is 23.8 Å². The van der Waals surface area contributed by atoms with Crippen LogP contribution >= 0.6 is 11.6 Å². The summed E-state index contributed by atoms with van der Waals surface area (Å²) in [6.07, 6.45) is 5.59. The van der Waals surface area contributed by atoms with Gasteiger partial charge < -0.3 is 4.74 Å². The highest BCUT2D eigenvalue weighted by atomic mass is 35.5. The molecular weight excluding hydrogens is 388 g/mol. The first-order valence-electron chi connectivity index (χ1n) is 8.52. The first-order chi connectivity index (χ1) is 13.0. The molecule has 0 bridgehead atoms. The molecule has 1 atom stereocenters. The molecule has 0 N–H and O–H groups in total. The van der Waals surface area contributed by atoms with Gasteiger partial charge in [0, 0.05) is 18.1 Å². The van der Waals surface area contributed by atoms with Crippen molar-refractivity contribution in [3.63, 3.8) is 0 Å². The number of ether oxygens (including phenoxy) is 1. The largest absolute Gasteiger partial charge is 0.459 e. The maximum absolute atomic E-state index is 13.2.